The highest BCUT2D eigenvalue weighted by Crippen LogP contribution is 2.38. The largest absolute Gasteiger partial charge is 0.391 e. The van der Waals surface area contributed by atoms with Crippen molar-refractivity contribution in [3.05, 3.63) is 48.4 Å². The van der Waals surface area contributed by atoms with Crippen LogP contribution in [0.1, 0.15) is 12.8 Å². The Morgan fingerprint density at radius 3 is 2.39 bits per heavy atom. The molecule has 0 spiro atoms. The number of halogens is 8. The second kappa shape index (κ2) is 9.02. The molecule has 0 unspecified atom stereocenters. The molecule has 3 heterocycles. The average molecular weight is 520 g/mol. The van der Waals surface area contributed by atoms with Gasteiger partial charge in [-0.15, -0.1) is 0 Å². The summed E-state index contributed by atoms with van der Waals surface area (Å²) in [7, 11) is 1.16. The zero-order chi connectivity index (χ0) is 26.4. The van der Waals surface area contributed by atoms with Crippen molar-refractivity contribution in [3.63, 3.8) is 0 Å². The van der Waals surface area contributed by atoms with Crippen LogP contribution in [-0.4, -0.2) is 57.4 Å². The first-order valence-electron chi connectivity index (χ1n) is 10.3. The minimum Gasteiger partial charge on any atom is -0.342 e. The molecule has 0 N–H and O–H groups in total. The third-order valence-electron chi connectivity index (χ3n) is 5.45. The van der Waals surface area contributed by atoms with Gasteiger partial charge in [0.25, 0.3) is 0 Å². The number of alkyl halides is 6. The Morgan fingerprint density at radius 1 is 1.03 bits per heavy atom. The van der Waals surface area contributed by atoms with Crippen LogP contribution < -0.4 is 9.80 Å². The van der Waals surface area contributed by atoms with Crippen LogP contribution in [0.3, 0.4) is 0 Å². The first kappa shape index (κ1) is 25.3. The zero-order valence-electron chi connectivity index (χ0n) is 18.3. The molecule has 0 aliphatic carbocycles. The number of carbonyl (C=O) groups excluding carboxylic acids is 1. The Balaban J connectivity index is 1.82. The van der Waals surface area contributed by atoms with E-state index in [0.29, 0.717) is 11.0 Å². The van der Waals surface area contributed by atoms with Crippen molar-refractivity contribution in [2.24, 2.45) is 0 Å². The number of nitrogens with zero attached hydrogens (tertiary/aromatic N) is 6. The van der Waals surface area contributed by atoms with Crippen LogP contribution in [0, 0.1) is 11.6 Å². The SMILES string of the molecule is CN1C(=O)[C@H](CC(F)(F)F)N(CCC(F)(F)F)c2nc(-n3ccnc3-c3ccc(F)cc3F)ncc21. The Hall–Kier alpha value is -3.78. The standard InChI is InChI=1S/C21H16F8N6O/c1-33-15-10-31-19(35-7-5-30-16(35)12-3-2-11(22)8-13(12)23)32-17(15)34(6-4-20(24,25)26)14(18(33)36)9-21(27,28)29/h2-3,5,7-8,10,14H,4,6,9H2,1H3/t14-/m0/s1. The molecule has 1 aliphatic heterocycles. The second-order valence-electron chi connectivity index (χ2n) is 7.91. The molecule has 0 bridgehead atoms. The third kappa shape index (κ3) is 5.09. The minimum atomic E-state index is -4.86. The Labute approximate surface area is 198 Å². The van der Waals surface area contributed by atoms with Gasteiger partial charge in [-0.1, -0.05) is 0 Å². The maximum Gasteiger partial charge on any atom is 0.391 e. The molecular formula is C21H16F8N6O. The highest BCUT2D eigenvalue weighted by atomic mass is 19.4. The predicted molar refractivity (Wildman–Crippen MR) is 110 cm³/mol. The van der Waals surface area contributed by atoms with E-state index in [1.807, 2.05) is 0 Å². The van der Waals surface area contributed by atoms with Crippen LogP contribution in [0.4, 0.5) is 46.6 Å². The van der Waals surface area contributed by atoms with Gasteiger partial charge >= 0.3 is 12.4 Å². The maximum absolute atomic E-state index is 14.4. The molecule has 1 amide bonds. The molecule has 1 atom stereocenters. The molecule has 0 radical (unpaired) electrons. The molecule has 0 saturated heterocycles. The monoisotopic (exact) mass is 520 g/mol. The summed E-state index contributed by atoms with van der Waals surface area (Å²) in [5, 5.41) is 0. The van der Waals surface area contributed by atoms with Gasteiger partial charge < -0.3 is 9.80 Å². The van der Waals surface area contributed by atoms with Gasteiger partial charge in [-0.05, 0) is 12.1 Å². The first-order valence-corrected chi connectivity index (χ1v) is 10.3. The number of hydrogen-bond acceptors (Lipinski definition) is 5. The molecular weight excluding hydrogens is 504 g/mol. The van der Waals surface area contributed by atoms with Crippen molar-refractivity contribution in [1.29, 1.82) is 0 Å². The molecule has 3 aromatic rings. The number of aromatic nitrogens is 4. The van der Waals surface area contributed by atoms with Crippen molar-refractivity contribution in [2.45, 2.75) is 31.2 Å². The Bertz CT molecular complexity index is 1290. The predicted octanol–water partition coefficient (Wildman–Crippen LogP) is 4.66. The van der Waals surface area contributed by atoms with Crippen molar-refractivity contribution < 1.29 is 39.9 Å². The maximum atomic E-state index is 14.4. The van der Waals surface area contributed by atoms with Gasteiger partial charge in [-0.25, -0.2) is 18.7 Å². The van der Waals surface area contributed by atoms with Crippen molar-refractivity contribution in [1.82, 2.24) is 19.5 Å². The van der Waals surface area contributed by atoms with Crippen LogP contribution >= 0.6 is 0 Å². The fraction of sp³-hybridized carbons (Fsp3) is 0.333. The quantitative estimate of drug-likeness (QED) is 0.458. The van der Waals surface area contributed by atoms with E-state index >= 15 is 0 Å². The van der Waals surface area contributed by atoms with Crippen LogP contribution in [0.25, 0.3) is 17.3 Å². The summed E-state index contributed by atoms with van der Waals surface area (Å²) in [5.41, 5.74) is -0.266. The molecule has 2 aromatic heterocycles. The van der Waals surface area contributed by atoms with E-state index < -0.39 is 55.3 Å². The van der Waals surface area contributed by atoms with Crippen LogP contribution in [0.2, 0.25) is 0 Å². The van der Waals surface area contributed by atoms with E-state index in [2.05, 4.69) is 15.0 Å². The number of imidazole rings is 1. The topological polar surface area (TPSA) is 67.2 Å². The van der Waals surface area contributed by atoms with Crippen molar-refractivity contribution in [2.75, 3.05) is 23.4 Å². The number of anilines is 2. The van der Waals surface area contributed by atoms with E-state index in [4.69, 9.17) is 0 Å². The lowest BCUT2D eigenvalue weighted by atomic mass is 10.1. The van der Waals surface area contributed by atoms with E-state index in [1.54, 1.807) is 0 Å². The summed E-state index contributed by atoms with van der Waals surface area (Å²) in [6, 6.07) is 0.697. The summed E-state index contributed by atoms with van der Waals surface area (Å²) in [6.07, 6.45) is -9.22. The lowest BCUT2D eigenvalue weighted by Gasteiger charge is -2.41. The Morgan fingerprint density at radius 2 is 1.75 bits per heavy atom. The van der Waals surface area contributed by atoms with Gasteiger partial charge in [0.2, 0.25) is 11.9 Å². The molecule has 4 rings (SSSR count). The Kier molecular flexibility index (Phi) is 6.34. The van der Waals surface area contributed by atoms with E-state index in [9.17, 15) is 39.9 Å². The third-order valence-corrected chi connectivity index (χ3v) is 5.45. The van der Waals surface area contributed by atoms with Crippen LogP contribution in [-0.2, 0) is 4.79 Å². The molecule has 7 nitrogen and oxygen atoms in total. The normalized spacial score (nSPS) is 16.5. The van der Waals surface area contributed by atoms with Crippen LogP contribution in [0.5, 0.6) is 0 Å². The van der Waals surface area contributed by atoms with Gasteiger partial charge in [-0.3, -0.25) is 9.36 Å². The number of hydrogen-bond donors (Lipinski definition) is 0. The summed E-state index contributed by atoms with van der Waals surface area (Å²) in [6.45, 7) is -0.976. The van der Waals surface area contributed by atoms with Gasteiger partial charge in [0.05, 0.1) is 24.6 Å². The molecule has 192 valence electrons. The second-order valence-corrected chi connectivity index (χ2v) is 7.91. The van der Waals surface area contributed by atoms with Crippen molar-refractivity contribution >= 4 is 17.4 Å². The van der Waals surface area contributed by atoms with E-state index in [0.717, 1.165) is 34.8 Å². The fourth-order valence-electron chi connectivity index (χ4n) is 3.81. The van der Waals surface area contributed by atoms with Gasteiger partial charge in [0.15, 0.2) is 5.82 Å². The summed E-state index contributed by atoms with van der Waals surface area (Å²) in [5.74, 6) is -3.60. The van der Waals surface area contributed by atoms with Gasteiger partial charge in [0.1, 0.15) is 29.2 Å². The van der Waals surface area contributed by atoms with Gasteiger partial charge in [0, 0.05) is 32.1 Å². The lowest BCUT2D eigenvalue weighted by molar-refractivity contribution is -0.148. The smallest absolute Gasteiger partial charge is 0.342 e. The number of fused-ring (bicyclic) bond motifs is 1. The molecule has 15 heteroatoms. The molecule has 1 aromatic carbocycles. The van der Waals surface area contributed by atoms with E-state index in [1.165, 1.54) is 12.4 Å². The fourth-order valence-corrected chi connectivity index (χ4v) is 3.81. The molecule has 36 heavy (non-hydrogen) atoms. The highest BCUT2D eigenvalue weighted by molar-refractivity contribution is 6.04. The number of rotatable bonds is 5. The van der Waals surface area contributed by atoms with Crippen LogP contribution in [0.15, 0.2) is 36.8 Å². The number of carbonyl (C=O) groups is 1. The van der Waals surface area contributed by atoms with Crippen molar-refractivity contribution in [3.8, 4) is 17.3 Å². The minimum absolute atomic E-state index is 0.0960. The highest BCUT2D eigenvalue weighted by Gasteiger charge is 2.45. The molecule has 0 saturated carbocycles. The summed E-state index contributed by atoms with van der Waals surface area (Å²) < 4.78 is 108. The summed E-state index contributed by atoms with van der Waals surface area (Å²) in [4.78, 5) is 26.4. The molecule has 0 fully saturated rings. The first-order chi connectivity index (χ1) is 16.7. The van der Waals surface area contributed by atoms with Gasteiger partial charge in [-0.2, -0.15) is 31.3 Å². The zero-order valence-corrected chi connectivity index (χ0v) is 18.3. The number of amides is 1. The average Bonchev–Trinajstić information content (AvgIpc) is 3.24. The summed E-state index contributed by atoms with van der Waals surface area (Å²) >= 11 is 0. The number of benzene rings is 1. The molecule has 1 aliphatic rings. The number of likely N-dealkylation sites (N-methyl/N-ethyl adjacent to an activating group) is 1. The van der Waals surface area contributed by atoms with E-state index in [-0.39, 0.29) is 28.8 Å². The lowest BCUT2D eigenvalue weighted by Crippen LogP contribution is -2.55.